The van der Waals surface area contributed by atoms with Crippen LogP contribution >= 0.6 is 34.9 Å². The fourth-order valence-corrected chi connectivity index (χ4v) is 6.69. The lowest BCUT2D eigenvalue weighted by Crippen LogP contribution is -2.18. The number of hydrogen-bond acceptors (Lipinski definition) is 8. The Balaban J connectivity index is 1.48. The fourth-order valence-electron chi connectivity index (χ4n) is 3.56. The summed E-state index contributed by atoms with van der Waals surface area (Å²) in [6.07, 6.45) is 2.75. The Morgan fingerprint density at radius 1 is 1.34 bits per heavy atom. The fraction of sp³-hybridized carbons (Fsp3) is 0.474. The van der Waals surface area contributed by atoms with Crippen LogP contribution in [0.2, 0.25) is 0 Å². The van der Waals surface area contributed by atoms with Crippen molar-refractivity contribution in [2.75, 3.05) is 18.2 Å². The van der Waals surface area contributed by atoms with Crippen molar-refractivity contribution in [2.45, 2.75) is 42.8 Å². The summed E-state index contributed by atoms with van der Waals surface area (Å²) < 4.78 is 4.95. The van der Waals surface area contributed by atoms with Gasteiger partial charge in [-0.15, -0.1) is 11.3 Å². The Hall–Kier alpha value is -1.78. The summed E-state index contributed by atoms with van der Waals surface area (Å²) in [5.74, 6) is 1.40. The van der Waals surface area contributed by atoms with Gasteiger partial charge in [0.05, 0.1) is 24.1 Å². The van der Waals surface area contributed by atoms with Crippen LogP contribution in [0.5, 0.6) is 0 Å². The molecule has 4 rings (SSSR count). The van der Waals surface area contributed by atoms with E-state index in [1.165, 1.54) is 30.2 Å². The van der Waals surface area contributed by atoms with Crippen molar-refractivity contribution < 1.29 is 14.3 Å². The molecule has 1 aliphatic carbocycles. The number of fused-ring (bicyclic) bond motifs is 2. The number of aromatic amines is 1. The number of ether oxygens (including phenoxy) is 1. The number of anilines is 1. The summed E-state index contributed by atoms with van der Waals surface area (Å²) in [5, 5.41) is 3.86. The van der Waals surface area contributed by atoms with Gasteiger partial charge in [-0.05, 0) is 30.7 Å². The number of nitrogens with one attached hydrogen (secondary N) is 2. The predicted octanol–water partition coefficient (Wildman–Crippen LogP) is 3.22. The van der Waals surface area contributed by atoms with Gasteiger partial charge in [0, 0.05) is 21.9 Å². The summed E-state index contributed by atoms with van der Waals surface area (Å²) in [4.78, 5) is 45.3. The van der Waals surface area contributed by atoms with E-state index >= 15 is 0 Å². The molecule has 0 saturated heterocycles. The van der Waals surface area contributed by atoms with Crippen LogP contribution in [0.3, 0.4) is 0 Å². The van der Waals surface area contributed by atoms with Crippen LogP contribution in [0, 0.1) is 5.92 Å². The van der Waals surface area contributed by atoms with E-state index < -0.39 is 5.97 Å². The maximum absolute atomic E-state index is 12.5. The molecule has 2 aliphatic rings. The van der Waals surface area contributed by atoms with Crippen LogP contribution in [0.1, 0.15) is 45.4 Å². The molecule has 3 heterocycles. The first-order valence-electron chi connectivity index (χ1n) is 9.31. The SMILES string of the molecule is COC(=O)c1c(NC(=O)CSc2nc3c(c(=O)[nH]2)CSC3)sc2c1CCC(C)C2. The average Bonchev–Trinajstić information content (AvgIpc) is 3.30. The van der Waals surface area contributed by atoms with Crippen molar-refractivity contribution in [3.05, 3.63) is 37.6 Å². The maximum atomic E-state index is 12.5. The van der Waals surface area contributed by atoms with Gasteiger partial charge in [-0.25, -0.2) is 9.78 Å². The van der Waals surface area contributed by atoms with Crippen molar-refractivity contribution >= 4 is 51.7 Å². The van der Waals surface area contributed by atoms with Gasteiger partial charge in [0.25, 0.3) is 5.56 Å². The normalized spacial score (nSPS) is 17.5. The molecule has 154 valence electrons. The monoisotopic (exact) mass is 451 g/mol. The van der Waals surface area contributed by atoms with Crippen LogP contribution < -0.4 is 10.9 Å². The lowest BCUT2D eigenvalue weighted by atomic mass is 9.88. The molecule has 0 aromatic carbocycles. The molecule has 1 aliphatic heterocycles. The molecule has 7 nitrogen and oxygen atoms in total. The highest BCUT2D eigenvalue weighted by Gasteiger charge is 2.29. The minimum Gasteiger partial charge on any atom is -0.465 e. The van der Waals surface area contributed by atoms with Crippen LogP contribution in [-0.4, -0.2) is 34.7 Å². The second kappa shape index (κ2) is 8.53. The van der Waals surface area contributed by atoms with Crippen molar-refractivity contribution in [1.82, 2.24) is 9.97 Å². The smallest absolute Gasteiger partial charge is 0.341 e. The topological polar surface area (TPSA) is 101 Å². The number of thioether (sulfide) groups is 2. The van der Waals surface area contributed by atoms with Gasteiger partial charge >= 0.3 is 5.97 Å². The molecule has 1 unspecified atom stereocenters. The van der Waals surface area contributed by atoms with Gasteiger partial charge in [-0.3, -0.25) is 9.59 Å². The van der Waals surface area contributed by atoms with Crippen molar-refractivity contribution in [3.8, 4) is 0 Å². The lowest BCUT2D eigenvalue weighted by molar-refractivity contribution is -0.113. The number of carbonyl (C=O) groups excluding carboxylic acids is 2. The zero-order chi connectivity index (χ0) is 20.5. The Bertz CT molecular complexity index is 1030. The third-order valence-electron chi connectivity index (χ3n) is 5.06. The van der Waals surface area contributed by atoms with Crippen LogP contribution in [0.4, 0.5) is 5.00 Å². The summed E-state index contributed by atoms with van der Waals surface area (Å²) in [6.45, 7) is 2.19. The van der Waals surface area contributed by atoms with Crippen molar-refractivity contribution in [1.29, 1.82) is 0 Å². The number of amides is 1. The zero-order valence-electron chi connectivity index (χ0n) is 16.1. The molecule has 0 fully saturated rings. The number of carbonyl (C=O) groups is 2. The molecule has 1 atom stereocenters. The van der Waals surface area contributed by atoms with E-state index in [0.29, 0.717) is 27.4 Å². The van der Waals surface area contributed by atoms with Crippen molar-refractivity contribution in [3.63, 3.8) is 0 Å². The van der Waals surface area contributed by atoms with E-state index in [4.69, 9.17) is 4.74 Å². The molecule has 1 amide bonds. The maximum Gasteiger partial charge on any atom is 0.341 e. The number of nitrogens with zero attached hydrogens (tertiary/aromatic N) is 1. The first-order chi connectivity index (χ1) is 14.0. The Labute approximate surface area is 180 Å². The number of esters is 1. The highest BCUT2D eigenvalue weighted by Crippen LogP contribution is 2.40. The molecule has 2 aromatic heterocycles. The van der Waals surface area contributed by atoms with Crippen molar-refractivity contribution in [2.24, 2.45) is 5.92 Å². The van der Waals surface area contributed by atoms with Crippen LogP contribution in [0.15, 0.2) is 9.95 Å². The highest BCUT2D eigenvalue weighted by molar-refractivity contribution is 7.99. The summed E-state index contributed by atoms with van der Waals surface area (Å²) in [7, 11) is 1.35. The largest absolute Gasteiger partial charge is 0.465 e. The number of methoxy groups -OCH3 is 1. The molecular formula is C19H21N3O4S3. The molecule has 0 radical (unpaired) electrons. The standard InChI is InChI=1S/C19H21N3O4S3/c1-9-3-4-10-13(5-9)29-17(15(10)18(25)26-2)21-14(23)8-28-19-20-12-7-27-6-11(12)16(24)22-19/h9H,3-8H2,1-2H3,(H,21,23)(H,20,22,24). The van der Waals surface area contributed by atoms with Crippen LogP contribution in [-0.2, 0) is 33.9 Å². The zero-order valence-corrected chi connectivity index (χ0v) is 18.6. The number of rotatable bonds is 5. The third kappa shape index (κ3) is 4.24. The minimum atomic E-state index is -0.415. The summed E-state index contributed by atoms with van der Waals surface area (Å²) in [6, 6.07) is 0. The van der Waals surface area contributed by atoms with Gasteiger partial charge in [0.15, 0.2) is 5.16 Å². The quantitative estimate of drug-likeness (QED) is 0.409. The molecule has 2 aromatic rings. The molecule has 0 bridgehead atoms. The van der Waals surface area contributed by atoms with E-state index in [9.17, 15) is 14.4 Å². The van der Waals surface area contributed by atoms with E-state index in [1.54, 1.807) is 11.8 Å². The predicted molar refractivity (Wildman–Crippen MR) is 116 cm³/mol. The second-order valence-corrected chi connectivity index (χ2v) is 10.2. The third-order valence-corrected chi connectivity index (χ3v) is 8.07. The number of thiophene rings is 1. The Morgan fingerprint density at radius 3 is 2.97 bits per heavy atom. The Kier molecular flexibility index (Phi) is 6.03. The molecule has 0 saturated carbocycles. The molecular weight excluding hydrogens is 430 g/mol. The van der Waals surface area contributed by atoms with Gasteiger partial charge in [-0.2, -0.15) is 11.8 Å². The first-order valence-corrected chi connectivity index (χ1v) is 12.3. The molecule has 10 heteroatoms. The Morgan fingerprint density at radius 2 is 2.17 bits per heavy atom. The van der Waals surface area contributed by atoms with E-state index in [1.807, 2.05) is 0 Å². The second-order valence-electron chi connectivity index (χ2n) is 7.17. The van der Waals surface area contributed by atoms with E-state index in [0.717, 1.165) is 46.7 Å². The molecule has 29 heavy (non-hydrogen) atoms. The average molecular weight is 452 g/mol. The van der Waals surface area contributed by atoms with Gasteiger partial charge in [0.1, 0.15) is 5.00 Å². The van der Waals surface area contributed by atoms with Gasteiger partial charge in [-0.1, -0.05) is 18.7 Å². The first kappa shape index (κ1) is 20.5. The summed E-state index contributed by atoms with van der Waals surface area (Å²) in [5.41, 5.74) is 2.89. The number of hydrogen-bond donors (Lipinski definition) is 2. The summed E-state index contributed by atoms with van der Waals surface area (Å²) >= 11 is 4.30. The lowest BCUT2D eigenvalue weighted by Gasteiger charge is -2.18. The number of aromatic nitrogens is 2. The molecule has 2 N–H and O–H groups in total. The van der Waals surface area contributed by atoms with E-state index in [2.05, 4.69) is 22.2 Å². The highest BCUT2D eigenvalue weighted by atomic mass is 32.2. The minimum absolute atomic E-state index is 0.0917. The molecule has 0 spiro atoms. The van der Waals surface area contributed by atoms with Gasteiger partial charge < -0.3 is 15.0 Å². The van der Waals surface area contributed by atoms with Gasteiger partial charge in [0.2, 0.25) is 5.91 Å². The van der Waals surface area contributed by atoms with E-state index in [-0.39, 0.29) is 17.2 Å². The van der Waals surface area contributed by atoms with Crippen LogP contribution in [0.25, 0.3) is 0 Å². The number of H-pyrrole nitrogens is 1.